The summed E-state index contributed by atoms with van der Waals surface area (Å²) in [7, 11) is 0. The number of anilines is 1. The minimum absolute atomic E-state index is 0.105. The molecule has 2 aromatic carbocycles. The Morgan fingerprint density at radius 1 is 0.920 bits per heavy atom. The molecule has 3 rings (SSSR count). The molecule has 1 aromatic heterocycles. The molecule has 0 saturated heterocycles. The average Bonchev–Trinajstić information content (AvgIpc) is 2.68. The van der Waals surface area contributed by atoms with Gasteiger partial charge in [-0.2, -0.15) is 0 Å². The first-order valence-electron chi connectivity index (χ1n) is 8.36. The summed E-state index contributed by atoms with van der Waals surface area (Å²) in [6.07, 6.45) is 3.48. The van der Waals surface area contributed by atoms with E-state index in [0.29, 0.717) is 13.1 Å². The van der Waals surface area contributed by atoms with Crippen molar-refractivity contribution in [2.24, 2.45) is 0 Å². The highest BCUT2D eigenvalue weighted by molar-refractivity contribution is 5.89. The van der Waals surface area contributed by atoms with E-state index in [1.807, 2.05) is 61.5 Å². The zero-order chi connectivity index (χ0) is 17.5. The van der Waals surface area contributed by atoms with E-state index in [0.717, 1.165) is 22.4 Å². The van der Waals surface area contributed by atoms with Crippen LogP contribution in [0.25, 0.3) is 11.1 Å². The standard InChI is InChI=1S/C21H21N3O/c1-2-24(16-17-12-14-22-15-13-17)21(25)23-20-10-8-19(9-11-20)18-6-4-3-5-7-18/h3-15H,2,16H2,1H3,(H,23,25). The number of nitrogens with zero attached hydrogens (tertiary/aromatic N) is 2. The van der Waals surface area contributed by atoms with Crippen molar-refractivity contribution < 1.29 is 4.79 Å². The van der Waals surface area contributed by atoms with E-state index in [9.17, 15) is 4.79 Å². The van der Waals surface area contributed by atoms with E-state index in [-0.39, 0.29) is 6.03 Å². The second-order valence-electron chi connectivity index (χ2n) is 5.74. The third-order valence-corrected chi connectivity index (χ3v) is 4.04. The Kier molecular flexibility index (Phi) is 5.42. The monoisotopic (exact) mass is 331 g/mol. The van der Waals surface area contributed by atoms with Gasteiger partial charge in [0.2, 0.25) is 0 Å². The minimum Gasteiger partial charge on any atom is -0.320 e. The second kappa shape index (κ2) is 8.11. The predicted octanol–water partition coefficient (Wildman–Crippen LogP) is 4.80. The van der Waals surface area contributed by atoms with Gasteiger partial charge in [0.15, 0.2) is 0 Å². The normalized spacial score (nSPS) is 10.3. The van der Waals surface area contributed by atoms with Crippen LogP contribution in [0.15, 0.2) is 79.1 Å². The van der Waals surface area contributed by atoms with Gasteiger partial charge in [0.25, 0.3) is 0 Å². The van der Waals surface area contributed by atoms with Crippen LogP contribution in [0.5, 0.6) is 0 Å². The van der Waals surface area contributed by atoms with Gasteiger partial charge in [-0.15, -0.1) is 0 Å². The van der Waals surface area contributed by atoms with Crippen LogP contribution in [0.2, 0.25) is 0 Å². The SMILES string of the molecule is CCN(Cc1ccncc1)C(=O)Nc1ccc(-c2ccccc2)cc1. The number of amides is 2. The summed E-state index contributed by atoms with van der Waals surface area (Å²) < 4.78 is 0. The Hall–Kier alpha value is -3.14. The number of nitrogens with one attached hydrogen (secondary N) is 1. The van der Waals surface area contributed by atoms with Crippen LogP contribution < -0.4 is 5.32 Å². The van der Waals surface area contributed by atoms with Crippen molar-refractivity contribution >= 4 is 11.7 Å². The molecule has 0 atom stereocenters. The molecule has 3 aromatic rings. The molecule has 0 spiro atoms. The van der Waals surface area contributed by atoms with Crippen molar-refractivity contribution in [2.45, 2.75) is 13.5 Å². The molecule has 0 bridgehead atoms. The third-order valence-electron chi connectivity index (χ3n) is 4.04. The molecule has 2 amide bonds. The van der Waals surface area contributed by atoms with Crippen LogP contribution in [0.1, 0.15) is 12.5 Å². The molecule has 4 heteroatoms. The Bertz CT molecular complexity index is 802. The molecule has 0 aliphatic rings. The van der Waals surface area contributed by atoms with Crippen LogP contribution in [0.3, 0.4) is 0 Å². The van der Waals surface area contributed by atoms with E-state index in [1.165, 1.54) is 0 Å². The molecule has 4 nitrogen and oxygen atoms in total. The van der Waals surface area contributed by atoms with Gasteiger partial charge in [-0.3, -0.25) is 4.98 Å². The van der Waals surface area contributed by atoms with E-state index < -0.39 is 0 Å². The van der Waals surface area contributed by atoms with E-state index in [1.54, 1.807) is 17.3 Å². The lowest BCUT2D eigenvalue weighted by molar-refractivity contribution is 0.212. The van der Waals surface area contributed by atoms with Gasteiger partial charge < -0.3 is 10.2 Å². The van der Waals surface area contributed by atoms with Gasteiger partial charge in [-0.25, -0.2) is 4.79 Å². The van der Waals surface area contributed by atoms with Crippen molar-refractivity contribution in [1.29, 1.82) is 0 Å². The van der Waals surface area contributed by atoms with Gasteiger partial charge >= 0.3 is 6.03 Å². The topological polar surface area (TPSA) is 45.2 Å². The predicted molar refractivity (Wildman–Crippen MR) is 101 cm³/mol. The second-order valence-corrected chi connectivity index (χ2v) is 5.74. The molecular weight excluding hydrogens is 310 g/mol. The van der Waals surface area contributed by atoms with Gasteiger partial charge in [-0.1, -0.05) is 42.5 Å². The lowest BCUT2D eigenvalue weighted by Crippen LogP contribution is -2.34. The first-order valence-corrected chi connectivity index (χ1v) is 8.36. The fraction of sp³-hybridized carbons (Fsp3) is 0.143. The molecule has 1 N–H and O–H groups in total. The fourth-order valence-corrected chi connectivity index (χ4v) is 2.61. The van der Waals surface area contributed by atoms with Crippen molar-refractivity contribution in [2.75, 3.05) is 11.9 Å². The van der Waals surface area contributed by atoms with E-state index in [4.69, 9.17) is 0 Å². The number of pyridine rings is 1. The molecule has 0 aliphatic heterocycles. The highest BCUT2D eigenvalue weighted by Gasteiger charge is 2.12. The quantitative estimate of drug-likeness (QED) is 0.730. The number of rotatable bonds is 5. The van der Waals surface area contributed by atoms with Crippen LogP contribution >= 0.6 is 0 Å². The van der Waals surface area contributed by atoms with Crippen LogP contribution in [-0.4, -0.2) is 22.5 Å². The van der Waals surface area contributed by atoms with Crippen LogP contribution in [0, 0.1) is 0 Å². The number of aromatic nitrogens is 1. The molecular formula is C21H21N3O. The molecule has 0 saturated carbocycles. The highest BCUT2D eigenvalue weighted by atomic mass is 16.2. The largest absolute Gasteiger partial charge is 0.322 e. The first kappa shape index (κ1) is 16.7. The smallest absolute Gasteiger partial charge is 0.320 e. The lowest BCUT2D eigenvalue weighted by Gasteiger charge is -2.21. The lowest BCUT2D eigenvalue weighted by atomic mass is 10.1. The van der Waals surface area contributed by atoms with Gasteiger partial charge in [0.05, 0.1) is 0 Å². The maximum Gasteiger partial charge on any atom is 0.322 e. The Labute approximate surface area is 148 Å². The van der Waals surface area contributed by atoms with Crippen molar-refractivity contribution in [3.63, 3.8) is 0 Å². The maximum atomic E-state index is 12.5. The summed E-state index contributed by atoms with van der Waals surface area (Å²) in [4.78, 5) is 18.3. The third kappa shape index (κ3) is 4.44. The van der Waals surface area contributed by atoms with E-state index in [2.05, 4.69) is 22.4 Å². The summed E-state index contributed by atoms with van der Waals surface area (Å²) in [5.74, 6) is 0. The van der Waals surface area contributed by atoms with Gasteiger partial charge in [0.1, 0.15) is 0 Å². The number of hydrogen-bond donors (Lipinski definition) is 1. The summed E-state index contributed by atoms with van der Waals surface area (Å²) in [5.41, 5.74) is 4.14. The van der Waals surface area contributed by atoms with Gasteiger partial charge in [0, 0.05) is 31.2 Å². The molecule has 0 radical (unpaired) electrons. The zero-order valence-corrected chi connectivity index (χ0v) is 14.2. The molecule has 1 heterocycles. The van der Waals surface area contributed by atoms with E-state index >= 15 is 0 Å². The number of benzene rings is 2. The number of urea groups is 1. The Morgan fingerprint density at radius 2 is 1.56 bits per heavy atom. The average molecular weight is 331 g/mol. The summed E-state index contributed by atoms with van der Waals surface area (Å²) in [6, 6.07) is 21.8. The summed E-state index contributed by atoms with van der Waals surface area (Å²) in [5, 5.41) is 2.96. The van der Waals surface area contributed by atoms with Crippen LogP contribution in [-0.2, 0) is 6.54 Å². The summed E-state index contributed by atoms with van der Waals surface area (Å²) >= 11 is 0. The fourth-order valence-electron chi connectivity index (χ4n) is 2.61. The summed E-state index contributed by atoms with van der Waals surface area (Å²) in [6.45, 7) is 3.17. The van der Waals surface area contributed by atoms with Gasteiger partial charge in [-0.05, 0) is 47.9 Å². The van der Waals surface area contributed by atoms with Crippen LogP contribution in [0.4, 0.5) is 10.5 Å². The molecule has 126 valence electrons. The Balaban J connectivity index is 1.65. The molecule has 0 fully saturated rings. The number of carbonyl (C=O) groups is 1. The van der Waals surface area contributed by atoms with Crippen molar-refractivity contribution in [1.82, 2.24) is 9.88 Å². The molecule has 0 unspecified atom stereocenters. The zero-order valence-electron chi connectivity index (χ0n) is 14.2. The first-order chi connectivity index (χ1) is 12.3. The Morgan fingerprint density at radius 3 is 2.20 bits per heavy atom. The number of carbonyl (C=O) groups excluding carboxylic acids is 1. The molecule has 0 aliphatic carbocycles. The van der Waals surface area contributed by atoms with Crippen molar-refractivity contribution in [3.05, 3.63) is 84.7 Å². The number of hydrogen-bond acceptors (Lipinski definition) is 2. The highest BCUT2D eigenvalue weighted by Crippen LogP contribution is 2.21. The van der Waals surface area contributed by atoms with Crippen molar-refractivity contribution in [3.8, 4) is 11.1 Å². The molecule has 25 heavy (non-hydrogen) atoms. The minimum atomic E-state index is -0.105. The maximum absolute atomic E-state index is 12.5.